The summed E-state index contributed by atoms with van der Waals surface area (Å²) in [5.41, 5.74) is 2.59. The number of ether oxygens (including phenoxy) is 1. The number of nitrogens with zero attached hydrogens (tertiary/aromatic N) is 1. The van der Waals surface area contributed by atoms with Crippen LogP contribution in [0.5, 0.6) is 5.88 Å². The third-order valence-electron chi connectivity index (χ3n) is 2.84. The largest absolute Gasteiger partial charge is 0.478 e. The molecule has 0 spiro atoms. The first-order valence-corrected chi connectivity index (χ1v) is 6.72. The second-order valence-electron chi connectivity index (χ2n) is 5.83. The molecule has 1 aromatic rings. The van der Waals surface area contributed by atoms with Gasteiger partial charge in [-0.05, 0) is 30.9 Å². The highest BCUT2D eigenvalue weighted by Crippen LogP contribution is 2.19. The average molecular weight is 250 g/mol. The minimum Gasteiger partial charge on any atom is -0.478 e. The fourth-order valence-corrected chi connectivity index (χ4v) is 1.56. The van der Waals surface area contributed by atoms with Gasteiger partial charge >= 0.3 is 0 Å². The maximum absolute atomic E-state index is 5.69. The van der Waals surface area contributed by atoms with Gasteiger partial charge < -0.3 is 10.1 Å². The number of nitrogens with one attached hydrogen (secondary N) is 1. The zero-order valence-corrected chi connectivity index (χ0v) is 12.3. The first-order valence-electron chi connectivity index (χ1n) is 6.72. The Balaban J connectivity index is 2.51. The Bertz CT molecular complexity index is 369. The quantitative estimate of drug-likeness (QED) is 0.841. The Morgan fingerprint density at radius 3 is 2.56 bits per heavy atom. The molecule has 0 atom stereocenters. The van der Waals surface area contributed by atoms with E-state index in [0.29, 0.717) is 5.41 Å². The molecule has 0 aliphatic rings. The van der Waals surface area contributed by atoms with Crippen LogP contribution in [0, 0.1) is 12.3 Å². The van der Waals surface area contributed by atoms with Crippen LogP contribution in [0.3, 0.4) is 0 Å². The van der Waals surface area contributed by atoms with Crippen molar-refractivity contribution < 1.29 is 4.74 Å². The summed E-state index contributed by atoms with van der Waals surface area (Å²) in [5, 5.41) is 3.31. The van der Waals surface area contributed by atoms with Crippen LogP contribution in [0.2, 0.25) is 0 Å². The van der Waals surface area contributed by atoms with Crippen molar-refractivity contribution in [1.82, 2.24) is 10.3 Å². The van der Waals surface area contributed by atoms with Gasteiger partial charge in [0.2, 0.25) is 5.88 Å². The molecule has 0 aliphatic heterocycles. The van der Waals surface area contributed by atoms with Gasteiger partial charge in [0.25, 0.3) is 0 Å². The summed E-state index contributed by atoms with van der Waals surface area (Å²) >= 11 is 0. The number of aromatic nitrogens is 1. The monoisotopic (exact) mass is 250 g/mol. The number of rotatable bonds is 6. The second-order valence-corrected chi connectivity index (χ2v) is 5.83. The van der Waals surface area contributed by atoms with Crippen molar-refractivity contribution in [2.45, 2.75) is 47.6 Å². The molecule has 102 valence electrons. The smallest absolute Gasteiger partial charge is 0.213 e. The highest BCUT2D eigenvalue weighted by atomic mass is 16.5. The number of pyridine rings is 1. The van der Waals surface area contributed by atoms with Crippen LogP contribution >= 0.6 is 0 Å². The van der Waals surface area contributed by atoms with Crippen LogP contribution in [-0.2, 0) is 6.54 Å². The molecule has 0 saturated heterocycles. The van der Waals surface area contributed by atoms with Gasteiger partial charge in [-0.15, -0.1) is 0 Å². The Hall–Kier alpha value is -1.09. The molecule has 0 amide bonds. The lowest BCUT2D eigenvalue weighted by atomic mass is 9.93. The normalized spacial score (nSPS) is 11.6. The van der Waals surface area contributed by atoms with Gasteiger partial charge in [-0.1, -0.05) is 33.8 Å². The van der Waals surface area contributed by atoms with Gasteiger partial charge in [0.15, 0.2) is 0 Å². The van der Waals surface area contributed by atoms with E-state index in [0.717, 1.165) is 37.7 Å². The zero-order valence-electron chi connectivity index (χ0n) is 12.3. The first kappa shape index (κ1) is 15.0. The molecule has 1 rings (SSSR count). The molecule has 0 fully saturated rings. The maximum atomic E-state index is 5.69. The van der Waals surface area contributed by atoms with Crippen molar-refractivity contribution in [3.63, 3.8) is 0 Å². The molecule has 3 nitrogen and oxygen atoms in total. The van der Waals surface area contributed by atoms with Crippen LogP contribution in [0.1, 0.15) is 45.4 Å². The molecule has 0 radical (unpaired) electrons. The lowest BCUT2D eigenvalue weighted by Gasteiger charge is -2.18. The fraction of sp³-hybridized carbons (Fsp3) is 0.667. The molecule has 0 bridgehead atoms. The fourth-order valence-electron chi connectivity index (χ4n) is 1.56. The lowest BCUT2D eigenvalue weighted by Crippen LogP contribution is -2.14. The van der Waals surface area contributed by atoms with Crippen molar-refractivity contribution in [1.29, 1.82) is 0 Å². The van der Waals surface area contributed by atoms with Crippen molar-refractivity contribution in [3.8, 4) is 5.88 Å². The molecule has 0 aromatic carbocycles. The highest BCUT2D eigenvalue weighted by Gasteiger charge is 2.10. The minimum atomic E-state index is 0.306. The van der Waals surface area contributed by atoms with Crippen molar-refractivity contribution in [2.75, 3.05) is 13.2 Å². The third kappa shape index (κ3) is 5.50. The second kappa shape index (κ2) is 6.74. The Kier molecular flexibility index (Phi) is 5.60. The molecule has 3 heteroatoms. The van der Waals surface area contributed by atoms with E-state index < -0.39 is 0 Å². The van der Waals surface area contributed by atoms with Crippen LogP contribution < -0.4 is 10.1 Å². The van der Waals surface area contributed by atoms with Crippen LogP contribution in [-0.4, -0.2) is 18.1 Å². The lowest BCUT2D eigenvalue weighted by molar-refractivity contribution is 0.236. The molecule has 18 heavy (non-hydrogen) atoms. The zero-order chi connectivity index (χ0) is 13.6. The predicted octanol–water partition coefficient (Wildman–Crippen LogP) is 3.31. The number of hydrogen-bond acceptors (Lipinski definition) is 3. The van der Waals surface area contributed by atoms with Gasteiger partial charge in [-0.25, -0.2) is 4.98 Å². The van der Waals surface area contributed by atoms with E-state index in [9.17, 15) is 0 Å². The van der Waals surface area contributed by atoms with Gasteiger partial charge in [0.05, 0.1) is 6.61 Å². The summed E-state index contributed by atoms with van der Waals surface area (Å²) in [6, 6.07) is 4.06. The van der Waals surface area contributed by atoms with Gasteiger partial charge in [-0.3, -0.25) is 0 Å². The van der Waals surface area contributed by atoms with E-state index in [4.69, 9.17) is 4.74 Å². The Morgan fingerprint density at radius 2 is 2.00 bits per heavy atom. The predicted molar refractivity (Wildman–Crippen MR) is 75.9 cm³/mol. The van der Waals surface area contributed by atoms with Gasteiger partial charge in [0.1, 0.15) is 0 Å². The van der Waals surface area contributed by atoms with E-state index in [1.54, 1.807) is 0 Å². The molecule has 0 saturated carbocycles. The Morgan fingerprint density at radius 1 is 1.28 bits per heavy atom. The van der Waals surface area contributed by atoms with Crippen LogP contribution in [0.25, 0.3) is 0 Å². The summed E-state index contributed by atoms with van der Waals surface area (Å²) < 4.78 is 5.69. The SMILES string of the molecule is CCNCc1ccc(OCCC(C)(C)C)nc1C. The van der Waals surface area contributed by atoms with E-state index in [-0.39, 0.29) is 0 Å². The van der Waals surface area contributed by atoms with E-state index >= 15 is 0 Å². The van der Waals surface area contributed by atoms with E-state index in [1.807, 2.05) is 13.0 Å². The summed E-state index contributed by atoms with van der Waals surface area (Å²) in [7, 11) is 0. The van der Waals surface area contributed by atoms with Crippen LogP contribution in [0.4, 0.5) is 0 Å². The summed E-state index contributed by atoms with van der Waals surface area (Å²) in [4.78, 5) is 4.48. The van der Waals surface area contributed by atoms with Crippen molar-refractivity contribution in [3.05, 3.63) is 23.4 Å². The van der Waals surface area contributed by atoms with E-state index in [1.165, 1.54) is 5.56 Å². The minimum absolute atomic E-state index is 0.306. The van der Waals surface area contributed by atoms with Crippen molar-refractivity contribution >= 4 is 0 Å². The molecule has 1 N–H and O–H groups in total. The molecular weight excluding hydrogens is 224 g/mol. The molecular formula is C15H26N2O. The average Bonchev–Trinajstić information content (AvgIpc) is 2.26. The maximum Gasteiger partial charge on any atom is 0.213 e. The number of hydrogen-bond donors (Lipinski definition) is 1. The molecule has 1 aromatic heterocycles. The van der Waals surface area contributed by atoms with Crippen LogP contribution in [0.15, 0.2) is 12.1 Å². The molecule has 1 heterocycles. The van der Waals surface area contributed by atoms with Crippen molar-refractivity contribution in [2.24, 2.45) is 5.41 Å². The summed E-state index contributed by atoms with van der Waals surface area (Å²) in [6.45, 7) is 13.4. The number of aryl methyl sites for hydroxylation is 1. The first-order chi connectivity index (χ1) is 8.42. The van der Waals surface area contributed by atoms with E-state index in [2.05, 4.69) is 44.1 Å². The Labute approximate surface area is 111 Å². The molecule has 0 unspecified atom stereocenters. The van der Waals surface area contributed by atoms with Gasteiger partial charge in [0, 0.05) is 18.3 Å². The summed E-state index contributed by atoms with van der Waals surface area (Å²) in [5.74, 6) is 0.733. The third-order valence-corrected chi connectivity index (χ3v) is 2.84. The molecule has 0 aliphatic carbocycles. The van der Waals surface area contributed by atoms with Gasteiger partial charge in [-0.2, -0.15) is 0 Å². The standard InChI is InChI=1S/C15H26N2O/c1-6-16-11-13-7-8-14(17-12(13)2)18-10-9-15(3,4)5/h7-8,16H,6,9-11H2,1-5H3. The summed E-state index contributed by atoms with van der Waals surface area (Å²) in [6.07, 6.45) is 1.03. The highest BCUT2D eigenvalue weighted by molar-refractivity contribution is 5.24. The topological polar surface area (TPSA) is 34.1 Å².